The van der Waals surface area contributed by atoms with Crippen molar-refractivity contribution in [3.63, 3.8) is 0 Å². The van der Waals surface area contributed by atoms with Crippen LogP contribution in [0.1, 0.15) is 12.0 Å². The Bertz CT molecular complexity index is 353. The zero-order chi connectivity index (χ0) is 12.6. The fourth-order valence-electron chi connectivity index (χ4n) is 2.12. The third kappa shape index (κ3) is 4.72. The van der Waals surface area contributed by atoms with Crippen LogP contribution >= 0.6 is 0 Å². The summed E-state index contributed by atoms with van der Waals surface area (Å²) in [6.45, 7) is 4.50. The van der Waals surface area contributed by atoms with Crippen LogP contribution in [-0.2, 0) is 11.2 Å². The van der Waals surface area contributed by atoms with E-state index in [1.807, 2.05) is 6.07 Å². The van der Waals surface area contributed by atoms with Crippen molar-refractivity contribution in [3.8, 4) is 0 Å². The number of ether oxygens (including phenoxy) is 1. The van der Waals surface area contributed by atoms with Gasteiger partial charge in [-0.25, -0.2) is 4.39 Å². The minimum atomic E-state index is -0.162. The molecule has 1 aromatic carbocycles. The van der Waals surface area contributed by atoms with Crippen LogP contribution in [-0.4, -0.2) is 38.9 Å². The molecule has 0 radical (unpaired) electrons. The van der Waals surface area contributed by atoms with Crippen LogP contribution in [0, 0.1) is 5.82 Å². The summed E-state index contributed by atoms with van der Waals surface area (Å²) in [4.78, 5) is 0. The van der Waals surface area contributed by atoms with Gasteiger partial charge in [-0.3, -0.25) is 0 Å². The van der Waals surface area contributed by atoms with E-state index in [1.165, 1.54) is 6.07 Å². The zero-order valence-corrected chi connectivity index (χ0v) is 10.6. The number of hydrogen-bond acceptors (Lipinski definition) is 3. The van der Waals surface area contributed by atoms with Crippen LogP contribution in [0.3, 0.4) is 0 Å². The van der Waals surface area contributed by atoms with Crippen LogP contribution in [0.15, 0.2) is 24.3 Å². The SMILES string of the molecule is Fc1cccc(CCNCCOC2CCNC2)c1. The van der Waals surface area contributed by atoms with Crippen LogP contribution in [0.25, 0.3) is 0 Å². The minimum Gasteiger partial charge on any atom is -0.376 e. The summed E-state index contributed by atoms with van der Waals surface area (Å²) in [5.41, 5.74) is 1.03. The maximum absolute atomic E-state index is 12.9. The Morgan fingerprint density at radius 1 is 1.39 bits per heavy atom. The van der Waals surface area contributed by atoms with E-state index in [1.54, 1.807) is 12.1 Å². The molecule has 3 nitrogen and oxygen atoms in total. The van der Waals surface area contributed by atoms with Gasteiger partial charge in [-0.15, -0.1) is 0 Å². The van der Waals surface area contributed by atoms with Crippen LogP contribution in [0.2, 0.25) is 0 Å². The molecule has 0 bridgehead atoms. The molecule has 18 heavy (non-hydrogen) atoms. The molecule has 1 saturated heterocycles. The molecule has 1 heterocycles. The van der Waals surface area contributed by atoms with Gasteiger partial charge in [0.15, 0.2) is 0 Å². The Morgan fingerprint density at radius 3 is 3.11 bits per heavy atom. The average molecular weight is 252 g/mol. The van der Waals surface area contributed by atoms with E-state index < -0.39 is 0 Å². The standard InChI is InChI=1S/C14H21FN2O/c15-13-3-1-2-12(10-13)4-6-16-8-9-18-14-5-7-17-11-14/h1-3,10,14,16-17H,4-9,11H2. The molecular formula is C14H21FN2O. The lowest BCUT2D eigenvalue weighted by Gasteiger charge is -2.10. The molecule has 1 atom stereocenters. The van der Waals surface area contributed by atoms with Gasteiger partial charge in [0.1, 0.15) is 5.82 Å². The second kappa shape index (κ2) is 7.46. The Balaban J connectivity index is 1.50. The van der Waals surface area contributed by atoms with E-state index in [0.29, 0.717) is 6.10 Å². The Kier molecular flexibility index (Phi) is 5.58. The molecular weight excluding hydrogens is 231 g/mol. The molecule has 0 aliphatic carbocycles. The molecule has 100 valence electrons. The maximum atomic E-state index is 12.9. The predicted molar refractivity (Wildman–Crippen MR) is 70.2 cm³/mol. The molecule has 0 aromatic heterocycles. The van der Waals surface area contributed by atoms with Crippen molar-refractivity contribution < 1.29 is 9.13 Å². The highest BCUT2D eigenvalue weighted by Crippen LogP contribution is 2.04. The number of benzene rings is 1. The van der Waals surface area contributed by atoms with Crippen LogP contribution in [0.4, 0.5) is 4.39 Å². The molecule has 2 N–H and O–H groups in total. The summed E-state index contributed by atoms with van der Waals surface area (Å²) in [7, 11) is 0. The van der Waals surface area contributed by atoms with Crippen molar-refractivity contribution in [3.05, 3.63) is 35.6 Å². The molecule has 1 unspecified atom stereocenters. The first-order valence-electron chi connectivity index (χ1n) is 6.62. The first-order valence-corrected chi connectivity index (χ1v) is 6.62. The third-order valence-electron chi connectivity index (χ3n) is 3.13. The molecule has 1 aliphatic rings. The van der Waals surface area contributed by atoms with Gasteiger partial charge in [-0.05, 0) is 43.6 Å². The van der Waals surface area contributed by atoms with E-state index >= 15 is 0 Å². The lowest BCUT2D eigenvalue weighted by Crippen LogP contribution is -2.25. The van der Waals surface area contributed by atoms with Crippen molar-refractivity contribution in [2.45, 2.75) is 18.9 Å². The molecule has 1 aromatic rings. The predicted octanol–water partition coefficient (Wildman–Crippen LogP) is 1.34. The van der Waals surface area contributed by atoms with Gasteiger partial charge in [0, 0.05) is 13.1 Å². The molecule has 0 amide bonds. The summed E-state index contributed by atoms with van der Waals surface area (Å²) < 4.78 is 18.6. The second-order valence-electron chi connectivity index (χ2n) is 4.62. The van der Waals surface area contributed by atoms with Crippen molar-refractivity contribution in [2.24, 2.45) is 0 Å². The van der Waals surface area contributed by atoms with Crippen LogP contribution in [0.5, 0.6) is 0 Å². The summed E-state index contributed by atoms with van der Waals surface area (Å²) in [6, 6.07) is 6.76. The summed E-state index contributed by atoms with van der Waals surface area (Å²) in [6.07, 6.45) is 2.35. The van der Waals surface area contributed by atoms with Crippen molar-refractivity contribution in [1.29, 1.82) is 0 Å². The number of hydrogen-bond donors (Lipinski definition) is 2. The van der Waals surface area contributed by atoms with E-state index in [0.717, 1.165) is 51.2 Å². The summed E-state index contributed by atoms with van der Waals surface area (Å²) in [5.74, 6) is -0.162. The third-order valence-corrected chi connectivity index (χ3v) is 3.13. The first-order chi connectivity index (χ1) is 8.84. The quantitative estimate of drug-likeness (QED) is 0.718. The molecule has 0 spiro atoms. The molecule has 0 saturated carbocycles. The number of nitrogens with one attached hydrogen (secondary N) is 2. The van der Waals surface area contributed by atoms with Gasteiger partial charge in [0.25, 0.3) is 0 Å². The van der Waals surface area contributed by atoms with E-state index in [4.69, 9.17) is 4.74 Å². The molecule has 2 rings (SSSR count). The highest BCUT2D eigenvalue weighted by molar-refractivity contribution is 5.16. The fourth-order valence-corrected chi connectivity index (χ4v) is 2.12. The van der Waals surface area contributed by atoms with Crippen molar-refractivity contribution in [2.75, 3.05) is 32.8 Å². The molecule has 4 heteroatoms. The van der Waals surface area contributed by atoms with Crippen molar-refractivity contribution in [1.82, 2.24) is 10.6 Å². The van der Waals surface area contributed by atoms with Gasteiger partial charge < -0.3 is 15.4 Å². The van der Waals surface area contributed by atoms with E-state index in [9.17, 15) is 4.39 Å². The Hall–Kier alpha value is -0.970. The largest absolute Gasteiger partial charge is 0.376 e. The Morgan fingerprint density at radius 2 is 2.33 bits per heavy atom. The summed E-state index contributed by atoms with van der Waals surface area (Å²) in [5, 5.41) is 6.58. The number of rotatable bonds is 7. The van der Waals surface area contributed by atoms with Gasteiger partial charge >= 0.3 is 0 Å². The minimum absolute atomic E-state index is 0.162. The van der Waals surface area contributed by atoms with Crippen molar-refractivity contribution >= 4 is 0 Å². The van der Waals surface area contributed by atoms with E-state index in [-0.39, 0.29) is 5.82 Å². The van der Waals surface area contributed by atoms with E-state index in [2.05, 4.69) is 10.6 Å². The number of halogens is 1. The van der Waals surface area contributed by atoms with Gasteiger partial charge in [0.05, 0.1) is 12.7 Å². The maximum Gasteiger partial charge on any atom is 0.123 e. The lowest BCUT2D eigenvalue weighted by atomic mass is 10.1. The van der Waals surface area contributed by atoms with Crippen LogP contribution < -0.4 is 10.6 Å². The zero-order valence-electron chi connectivity index (χ0n) is 10.6. The fraction of sp³-hybridized carbons (Fsp3) is 0.571. The topological polar surface area (TPSA) is 33.3 Å². The van der Waals surface area contributed by atoms with Gasteiger partial charge in [-0.2, -0.15) is 0 Å². The normalized spacial score (nSPS) is 19.3. The summed E-state index contributed by atoms with van der Waals surface area (Å²) >= 11 is 0. The highest BCUT2D eigenvalue weighted by atomic mass is 19.1. The Labute approximate surface area is 108 Å². The molecule has 1 aliphatic heterocycles. The second-order valence-corrected chi connectivity index (χ2v) is 4.62. The first kappa shape index (κ1) is 13.5. The highest BCUT2D eigenvalue weighted by Gasteiger charge is 2.13. The monoisotopic (exact) mass is 252 g/mol. The van der Waals surface area contributed by atoms with Gasteiger partial charge in [-0.1, -0.05) is 12.1 Å². The molecule has 1 fully saturated rings. The smallest absolute Gasteiger partial charge is 0.123 e. The lowest BCUT2D eigenvalue weighted by molar-refractivity contribution is 0.0692. The average Bonchev–Trinajstić information content (AvgIpc) is 2.87. The van der Waals surface area contributed by atoms with Gasteiger partial charge in [0.2, 0.25) is 0 Å².